The van der Waals surface area contributed by atoms with Gasteiger partial charge in [0.15, 0.2) is 0 Å². The van der Waals surface area contributed by atoms with Gasteiger partial charge in [-0.15, -0.1) is 0 Å². The number of amides is 2. The molecular formula is C18H17N3O3. The van der Waals surface area contributed by atoms with Gasteiger partial charge in [0.1, 0.15) is 0 Å². The number of nitro groups is 1. The molecular weight excluding hydrogens is 306 g/mol. The maximum atomic E-state index is 12.2. The van der Waals surface area contributed by atoms with E-state index in [1.807, 2.05) is 43.5 Å². The Bertz CT molecular complexity index is 785. The molecule has 1 unspecified atom stereocenters. The molecule has 1 aliphatic heterocycles. The van der Waals surface area contributed by atoms with Crippen molar-refractivity contribution in [3.63, 3.8) is 0 Å². The molecule has 2 amide bonds. The monoisotopic (exact) mass is 323 g/mol. The molecule has 6 heteroatoms. The summed E-state index contributed by atoms with van der Waals surface area (Å²) in [5, 5.41) is 13.8. The molecule has 6 nitrogen and oxygen atoms in total. The molecule has 0 aliphatic carbocycles. The van der Waals surface area contributed by atoms with E-state index in [2.05, 4.69) is 5.32 Å². The second kappa shape index (κ2) is 6.54. The molecule has 0 fully saturated rings. The molecule has 2 aromatic carbocycles. The Kier molecular flexibility index (Phi) is 4.29. The van der Waals surface area contributed by atoms with E-state index >= 15 is 0 Å². The van der Waals surface area contributed by atoms with Crippen LogP contribution in [0.1, 0.15) is 24.1 Å². The molecule has 0 radical (unpaired) electrons. The van der Waals surface area contributed by atoms with Crippen molar-refractivity contribution >= 4 is 17.3 Å². The van der Waals surface area contributed by atoms with E-state index in [0.29, 0.717) is 6.54 Å². The number of urea groups is 1. The lowest BCUT2D eigenvalue weighted by atomic mass is 9.92. The highest BCUT2D eigenvalue weighted by molar-refractivity contribution is 5.86. The number of hydrogen-bond donors (Lipinski definition) is 1. The van der Waals surface area contributed by atoms with Crippen LogP contribution in [0.25, 0.3) is 5.57 Å². The average Bonchev–Trinajstić information content (AvgIpc) is 2.62. The molecule has 1 aliphatic rings. The molecule has 0 saturated carbocycles. The van der Waals surface area contributed by atoms with Crippen molar-refractivity contribution in [2.45, 2.75) is 13.0 Å². The highest BCUT2D eigenvalue weighted by Gasteiger charge is 2.28. The molecule has 24 heavy (non-hydrogen) atoms. The van der Waals surface area contributed by atoms with Crippen molar-refractivity contribution in [1.29, 1.82) is 0 Å². The van der Waals surface area contributed by atoms with Gasteiger partial charge in [0.2, 0.25) is 0 Å². The lowest BCUT2D eigenvalue weighted by Gasteiger charge is -2.32. The number of nitrogens with zero attached hydrogens (tertiary/aromatic N) is 2. The first kappa shape index (κ1) is 15.7. The van der Waals surface area contributed by atoms with Gasteiger partial charge in [0.25, 0.3) is 5.69 Å². The average molecular weight is 323 g/mol. The fourth-order valence-corrected chi connectivity index (χ4v) is 2.74. The lowest BCUT2D eigenvalue weighted by molar-refractivity contribution is -0.384. The number of carbonyl (C=O) groups is 1. The van der Waals surface area contributed by atoms with Crippen LogP contribution in [0.4, 0.5) is 10.5 Å². The fourth-order valence-electron chi connectivity index (χ4n) is 2.74. The molecule has 1 heterocycles. The van der Waals surface area contributed by atoms with E-state index in [1.165, 1.54) is 12.1 Å². The van der Waals surface area contributed by atoms with Gasteiger partial charge in [-0.05, 0) is 30.2 Å². The standard InChI is InChI=1S/C18H17N3O3/c1-2-20-12-16(13-6-4-3-5-7-13)17(19-18(20)22)14-8-10-15(11-9-14)21(23)24/h3-12,17H,2H2,1H3,(H,19,22). The summed E-state index contributed by atoms with van der Waals surface area (Å²) in [5.74, 6) is 0. The third-order valence-electron chi connectivity index (χ3n) is 4.02. The van der Waals surface area contributed by atoms with E-state index in [0.717, 1.165) is 16.7 Å². The zero-order valence-electron chi connectivity index (χ0n) is 13.2. The van der Waals surface area contributed by atoms with E-state index < -0.39 is 4.92 Å². The van der Waals surface area contributed by atoms with Crippen molar-refractivity contribution in [2.75, 3.05) is 6.54 Å². The quantitative estimate of drug-likeness (QED) is 0.688. The zero-order chi connectivity index (χ0) is 17.1. The number of non-ortho nitro benzene ring substituents is 1. The Morgan fingerprint density at radius 3 is 2.38 bits per heavy atom. The van der Waals surface area contributed by atoms with Crippen molar-refractivity contribution in [3.05, 3.63) is 82.0 Å². The van der Waals surface area contributed by atoms with Crippen LogP contribution in [-0.2, 0) is 0 Å². The Morgan fingerprint density at radius 2 is 1.79 bits per heavy atom. The smallest absolute Gasteiger partial charge is 0.322 e. The highest BCUT2D eigenvalue weighted by Crippen LogP contribution is 2.33. The minimum absolute atomic E-state index is 0.0290. The van der Waals surface area contributed by atoms with Crippen LogP contribution < -0.4 is 5.32 Å². The first-order valence-electron chi connectivity index (χ1n) is 7.68. The molecule has 0 bridgehead atoms. The van der Waals surface area contributed by atoms with Crippen LogP contribution in [0.3, 0.4) is 0 Å². The second-order valence-corrected chi connectivity index (χ2v) is 5.47. The van der Waals surface area contributed by atoms with Crippen LogP contribution in [0.15, 0.2) is 60.8 Å². The number of hydrogen-bond acceptors (Lipinski definition) is 3. The first-order chi connectivity index (χ1) is 11.6. The summed E-state index contributed by atoms with van der Waals surface area (Å²) in [6, 6.07) is 15.5. The van der Waals surface area contributed by atoms with Crippen LogP contribution in [0, 0.1) is 10.1 Å². The number of nitro benzene ring substituents is 1. The number of benzene rings is 2. The maximum Gasteiger partial charge on any atom is 0.322 e. The fraction of sp³-hybridized carbons (Fsp3) is 0.167. The minimum Gasteiger partial charge on any atom is -0.327 e. The first-order valence-corrected chi connectivity index (χ1v) is 7.68. The maximum absolute atomic E-state index is 12.2. The molecule has 3 rings (SSSR count). The molecule has 0 saturated heterocycles. The van der Waals surface area contributed by atoms with Gasteiger partial charge in [-0.1, -0.05) is 30.3 Å². The van der Waals surface area contributed by atoms with Crippen LogP contribution >= 0.6 is 0 Å². The SMILES string of the molecule is CCN1C=C(c2ccccc2)C(c2ccc([N+](=O)[O-])cc2)NC1=O. The van der Waals surface area contributed by atoms with Crippen LogP contribution in [0.2, 0.25) is 0 Å². The van der Waals surface area contributed by atoms with Gasteiger partial charge >= 0.3 is 6.03 Å². The number of carbonyl (C=O) groups excluding carboxylic acids is 1. The van der Waals surface area contributed by atoms with Gasteiger partial charge in [-0.2, -0.15) is 0 Å². The van der Waals surface area contributed by atoms with E-state index in [4.69, 9.17) is 0 Å². The highest BCUT2D eigenvalue weighted by atomic mass is 16.6. The Balaban J connectivity index is 2.03. The normalized spacial score (nSPS) is 17.2. The second-order valence-electron chi connectivity index (χ2n) is 5.47. The predicted molar refractivity (Wildman–Crippen MR) is 91.2 cm³/mol. The summed E-state index contributed by atoms with van der Waals surface area (Å²) in [4.78, 5) is 24.2. The summed E-state index contributed by atoms with van der Waals surface area (Å²) in [6.45, 7) is 2.47. The predicted octanol–water partition coefficient (Wildman–Crippen LogP) is 3.72. The molecule has 0 aromatic heterocycles. The summed E-state index contributed by atoms with van der Waals surface area (Å²) >= 11 is 0. The van der Waals surface area contributed by atoms with Gasteiger partial charge in [-0.25, -0.2) is 4.79 Å². The summed E-state index contributed by atoms with van der Waals surface area (Å²) in [5.41, 5.74) is 2.78. The van der Waals surface area contributed by atoms with Crippen molar-refractivity contribution in [2.24, 2.45) is 0 Å². The molecule has 1 atom stereocenters. The Hall–Kier alpha value is -3.15. The Morgan fingerprint density at radius 1 is 1.12 bits per heavy atom. The van der Waals surface area contributed by atoms with Gasteiger partial charge in [0.05, 0.1) is 11.0 Å². The van der Waals surface area contributed by atoms with Crippen molar-refractivity contribution in [1.82, 2.24) is 10.2 Å². The van der Waals surface area contributed by atoms with E-state index in [9.17, 15) is 14.9 Å². The minimum atomic E-state index is -0.435. The van der Waals surface area contributed by atoms with Gasteiger partial charge in [-0.3, -0.25) is 10.1 Å². The molecule has 1 N–H and O–H groups in total. The van der Waals surface area contributed by atoms with E-state index in [-0.39, 0.29) is 17.8 Å². The van der Waals surface area contributed by atoms with Crippen LogP contribution in [0.5, 0.6) is 0 Å². The summed E-state index contributed by atoms with van der Waals surface area (Å²) in [6.07, 6.45) is 1.85. The number of rotatable bonds is 4. The van der Waals surface area contributed by atoms with Gasteiger partial charge in [0, 0.05) is 30.5 Å². The Labute approximate surface area is 139 Å². The van der Waals surface area contributed by atoms with Gasteiger partial charge < -0.3 is 10.2 Å². The van der Waals surface area contributed by atoms with Crippen molar-refractivity contribution in [3.8, 4) is 0 Å². The number of nitrogens with one attached hydrogen (secondary N) is 1. The van der Waals surface area contributed by atoms with Crippen LogP contribution in [-0.4, -0.2) is 22.4 Å². The zero-order valence-corrected chi connectivity index (χ0v) is 13.2. The van der Waals surface area contributed by atoms with E-state index in [1.54, 1.807) is 17.0 Å². The summed E-state index contributed by atoms with van der Waals surface area (Å²) < 4.78 is 0. The molecule has 0 spiro atoms. The molecule has 122 valence electrons. The molecule has 2 aromatic rings. The van der Waals surface area contributed by atoms with Crippen molar-refractivity contribution < 1.29 is 9.72 Å². The lowest BCUT2D eigenvalue weighted by Crippen LogP contribution is -2.43. The third-order valence-corrected chi connectivity index (χ3v) is 4.02. The largest absolute Gasteiger partial charge is 0.327 e. The summed E-state index contributed by atoms with van der Waals surface area (Å²) in [7, 11) is 0. The third kappa shape index (κ3) is 2.99. The topological polar surface area (TPSA) is 75.5 Å².